The van der Waals surface area contributed by atoms with Crippen molar-refractivity contribution >= 4 is 5.97 Å². The van der Waals surface area contributed by atoms with Crippen molar-refractivity contribution in [1.29, 1.82) is 0 Å². The number of carbonyl (C=O) groups excluding carboxylic acids is 1. The maximum absolute atomic E-state index is 10.9. The Bertz CT molecular complexity index is 246. The monoisotopic (exact) mass is 180 g/mol. The molecule has 0 aromatic rings. The summed E-state index contributed by atoms with van der Waals surface area (Å²) in [4.78, 5) is 10.9. The third kappa shape index (κ3) is 0.976. The summed E-state index contributed by atoms with van der Waals surface area (Å²) in [7, 11) is 0. The van der Waals surface area contributed by atoms with Crippen LogP contribution < -0.4 is 0 Å². The maximum atomic E-state index is 10.9. The van der Waals surface area contributed by atoms with Gasteiger partial charge in [0.2, 0.25) is 0 Å². The molecule has 0 radical (unpaired) electrons. The summed E-state index contributed by atoms with van der Waals surface area (Å²) in [5.74, 6) is 3.26. The second-order valence-electron chi connectivity index (χ2n) is 4.97. The highest BCUT2D eigenvalue weighted by molar-refractivity contribution is 5.66. The Kier molecular flexibility index (Phi) is 1.50. The minimum atomic E-state index is -0.0824. The van der Waals surface area contributed by atoms with Crippen LogP contribution in [0.4, 0.5) is 0 Å². The van der Waals surface area contributed by atoms with Crippen molar-refractivity contribution in [2.24, 2.45) is 23.7 Å². The number of ether oxygens (including phenoxy) is 1. The van der Waals surface area contributed by atoms with Crippen LogP contribution >= 0.6 is 0 Å². The lowest BCUT2D eigenvalue weighted by Crippen LogP contribution is -2.30. The van der Waals surface area contributed by atoms with Crippen LogP contribution in [0.3, 0.4) is 0 Å². The van der Waals surface area contributed by atoms with Gasteiger partial charge in [0.05, 0.1) is 0 Å². The molecule has 0 aromatic heterocycles. The van der Waals surface area contributed by atoms with Gasteiger partial charge in [-0.15, -0.1) is 0 Å². The van der Waals surface area contributed by atoms with Crippen molar-refractivity contribution in [3.63, 3.8) is 0 Å². The zero-order valence-electron chi connectivity index (χ0n) is 8.03. The SMILES string of the molecule is CC(=O)OC1C2CC3CCC1C3C2. The molecule has 72 valence electrons. The molecule has 3 fully saturated rings. The highest BCUT2D eigenvalue weighted by Gasteiger charge is 2.57. The van der Waals surface area contributed by atoms with E-state index < -0.39 is 0 Å². The van der Waals surface area contributed by atoms with E-state index >= 15 is 0 Å². The number of hydrogen-bond donors (Lipinski definition) is 0. The molecule has 0 aliphatic heterocycles. The molecule has 3 rings (SSSR count). The number of rotatable bonds is 1. The summed E-state index contributed by atoms with van der Waals surface area (Å²) < 4.78 is 5.44. The van der Waals surface area contributed by atoms with Crippen molar-refractivity contribution in [2.75, 3.05) is 0 Å². The Labute approximate surface area is 78.6 Å². The lowest BCUT2D eigenvalue weighted by atomic mass is 9.86. The molecule has 0 amide bonds. The minimum Gasteiger partial charge on any atom is -0.462 e. The average molecular weight is 180 g/mol. The normalized spacial score (nSPS) is 51.3. The third-order valence-electron chi connectivity index (χ3n) is 4.40. The van der Waals surface area contributed by atoms with Crippen LogP contribution in [0, 0.1) is 23.7 Å². The molecule has 0 N–H and O–H groups in total. The molecule has 3 saturated carbocycles. The molecule has 0 heterocycles. The first-order valence-corrected chi connectivity index (χ1v) is 5.43. The van der Waals surface area contributed by atoms with Crippen molar-refractivity contribution in [2.45, 2.75) is 38.7 Å². The van der Waals surface area contributed by atoms with Crippen molar-refractivity contribution in [3.05, 3.63) is 0 Å². The first-order chi connectivity index (χ1) is 6.25. The van der Waals surface area contributed by atoms with E-state index in [4.69, 9.17) is 4.74 Å². The van der Waals surface area contributed by atoms with Crippen molar-refractivity contribution in [3.8, 4) is 0 Å². The Morgan fingerprint density at radius 2 is 2.00 bits per heavy atom. The molecule has 2 heteroatoms. The summed E-state index contributed by atoms with van der Waals surface area (Å²) >= 11 is 0. The number of carbonyl (C=O) groups is 1. The number of hydrogen-bond acceptors (Lipinski definition) is 2. The van der Waals surface area contributed by atoms with Gasteiger partial charge in [0.25, 0.3) is 0 Å². The molecule has 0 spiro atoms. The molecule has 2 nitrogen and oxygen atoms in total. The van der Waals surface area contributed by atoms with E-state index in [9.17, 15) is 4.79 Å². The van der Waals surface area contributed by atoms with E-state index in [0.717, 1.165) is 17.8 Å². The van der Waals surface area contributed by atoms with Gasteiger partial charge in [-0.25, -0.2) is 0 Å². The molecule has 13 heavy (non-hydrogen) atoms. The maximum Gasteiger partial charge on any atom is 0.302 e. The molecule has 5 unspecified atom stereocenters. The molecule has 0 saturated heterocycles. The van der Waals surface area contributed by atoms with Gasteiger partial charge < -0.3 is 4.74 Å². The van der Waals surface area contributed by atoms with Crippen LogP contribution in [0.2, 0.25) is 0 Å². The summed E-state index contributed by atoms with van der Waals surface area (Å²) in [6.45, 7) is 1.54. The molecular formula is C11H16O2. The first-order valence-electron chi connectivity index (χ1n) is 5.43. The Morgan fingerprint density at radius 1 is 1.15 bits per heavy atom. The fourth-order valence-electron chi connectivity index (χ4n) is 4.08. The average Bonchev–Trinajstić information content (AvgIpc) is 2.60. The van der Waals surface area contributed by atoms with Gasteiger partial charge in [-0.2, -0.15) is 0 Å². The lowest BCUT2D eigenvalue weighted by molar-refractivity contribution is -0.151. The number of esters is 1. The van der Waals surface area contributed by atoms with Gasteiger partial charge in [-0.1, -0.05) is 0 Å². The van der Waals surface area contributed by atoms with Crippen LogP contribution in [-0.2, 0) is 9.53 Å². The lowest BCUT2D eigenvalue weighted by Gasteiger charge is -2.27. The standard InChI is InChI=1S/C11H16O2/c1-6(12)13-11-8-4-7-2-3-9(11)10(7)5-8/h7-11H,2-5H2,1H3. The van der Waals surface area contributed by atoms with Crippen LogP contribution in [0.1, 0.15) is 32.6 Å². The van der Waals surface area contributed by atoms with Crippen LogP contribution in [0.15, 0.2) is 0 Å². The van der Waals surface area contributed by atoms with Crippen LogP contribution in [0.5, 0.6) is 0 Å². The molecule has 5 atom stereocenters. The van der Waals surface area contributed by atoms with Crippen molar-refractivity contribution < 1.29 is 9.53 Å². The van der Waals surface area contributed by atoms with E-state index in [1.54, 1.807) is 6.92 Å². The molecular weight excluding hydrogens is 164 g/mol. The molecule has 2 bridgehead atoms. The van der Waals surface area contributed by atoms with Gasteiger partial charge >= 0.3 is 5.97 Å². The summed E-state index contributed by atoms with van der Waals surface area (Å²) in [6.07, 6.45) is 5.67. The zero-order valence-corrected chi connectivity index (χ0v) is 8.03. The predicted octanol–water partition coefficient (Wildman–Crippen LogP) is 1.98. The summed E-state index contributed by atoms with van der Waals surface area (Å²) in [5.41, 5.74) is 0. The Morgan fingerprint density at radius 3 is 2.77 bits per heavy atom. The smallest absolute Gasteiger partial charge is 0.302 e. The first kappa shape index (κ1) is 7.84. The fraction of sp³-hybridized carbons (Fsp3) is 0.909. The second kappa shape index (κ2) is 2.49. The van der Waals surface area contributed by atoms with Gasteiger partial charge in [0, 0.05) is 6.92 Å². The number of fused-ring (bicyclic) bond motifs is 1. The zero-order chi connectivity index (χ0) is 9.00. The van der Waals surface area contributed by atoms with E-state index in [2.05, 4.69) is 0 Å². The fourth-order valence-corrected chi connectivity index (χ4v) is 4.08. The van der Waals surface area contributed by atoms with E-state index in [1.165, 1.54) is 25.7 Å². The molecule has 0 aromatic carbocycles. The van der Waals surface area contributed by atoms with Gasteiger partial charge in [-0.05, 0) is 49.4 Å². The molecule has 3 aliphatic rings. The van der Waals surface area contributed by atoms with Crippen LogP contribution in [0.25, 0.3) is 0 Å². The van der Waals surface area contributed by atoms with Crippen molar-refractivity contribution in [1.82, 2.24) is 0 Å². The Hall–Kier alpha value is -0.530. The van der Waals surface area contributed by atoms with Gasteiger partial charge in [-0.3, -0.25) is 4.79 Å². The molecule has 3 aliphatic carbocycles. The quantitative estimate of drug-likeness (QED) is 0.577. The summed E-state index contributed by atoms with van der Waals surface area (Å²) in [6, 6.07) is 0. The van der Waals surface area contributed by atoms with E-state index in [0.29, 0.717) is 12.0 Å². The highest BCUT2D eigenvalue weighted by Crippen LogP contribution is 2.60. The van der Waals surface area contributed by atoms with Gasteiger partial charge in [0.1, 0.15) is 6.10 Å². The second-order valence-corrected chi connectivity index (χ2v) is 4.97. The predicted molar refractivity (Wildman–Crippen MR) is 48.0 cm³/mol. The minimum absolute atomic E-state index is 0.0824. The van der Waals surface area contributed by atoms with Gasteiger partial charge in [0.15, 0.2) is 0 Å². The summed E-state index contributed by atoms with van der Waals surface area (Å²) in [5, 5.41) is 0. The largest absolute Gasteiger partial charge is 0.462 e. The van der Waals surface area contributed by atoms with Crippen LogP contribution in [-0.4, -0.2) is 12.1 Å². The van der Waals surface area contributed by atoms with E-state index in [-0.39, 0.29) is 5.97 Å². The van der Waals surface area contributed by atoms with E-state index in [1.807, 2.05) is 0 Å². The Balaban J connectivity index is 1.80. The highest BCUT2D eigenvalue weighted by atomic mass is 16.5. The third-order valence-corrected chi connectivity index (χ3v) is 4.40. The topological polar surface area (TPSA) is 26.3 Å².